The van der Waals surface area contributed by atoms with Gasteiger partial charge in [0.05, 0.1) is 11.7 Å². The molecular weight excluding hydrogens is 311 g/mol. The van der Waals surface area contributed by atoms with Crippen LogP contribution in [0.15, 0.2) is 6.20 Å². The molecule has 0 radical (unpaired) electrons. The Bertz CT molecular complexity index is 614. The van der Waals surface area contributed by atoms with Gasteiger partial charge in [0.1, 0.15) is 0 Å². The molecule has 5 nitrogen and oxygen atoms in total. The number of rotatable bonds is 1. The van der Waals surface area contributed by atoms with Crippen LogP contribution in [0.1, 0.15) is 51.8 Å². The van der Waals surface area contributed by atoms with Gasteiger partial charge < -0.3 is 10.0 Å². The van der Waals surface area contributed by atoms with Gasteiger partial charge >= 0.3 is 6.18 Å². The summed E-state index contributed by atoms with van der Waals surface area (Å²) in [6.07, 6.45) is -3.43. The summed E-state index contributed by atoms with van der Waals surface area (Å²) in [5, 5.41) is 13.9. The van der Waals surface area contributed by atoms with Crippen LogP contribution in [0.25, 0.3) is 0 Å². The molecule has 2 atom stereocenters. The van der Waals surface area contributed by atoms with Crippen molar-refractivity contribution >= 4 is 5.91 Å². The Morgan fingerprint density at radius 2 is 1.87 bits per heavy atom. The van der Waals surface area contributed by atoms with Crippen molar-refractivity contribution < 1.29 is 23.1 Å². The van der Waals surface area contributed by atoms with Gasteiger partial charge in [0.15, 0.2) is 0 Å². The first kappa shape index (κ1) is 17.8. The third-order valence-electron chi connectivity index (χ3n) is 4.10. The number of aromatic nitrogens is 2. The lowest BCUT2D eigenvalue weighted by Crippen LogP contribution is -2.57. The zero-order valence-corrected chi connectivity index (χ0v) is 13.9. The van der Waals surface area contributed by atoms with E-state index in [1.54, 1.807) is 6.20 Å². The Morgan fingerprint density at radius 3 is 2.35 bits per heavy atom. The molecule has 130 valence electrons. The van der Waals surface area contributed by atoms with Crippen LogP contribution in [0.5, 0.6) is 0 Å². The molecule has 0 fully saturated rings. The summed E-state index contributed by atoms with van der Waals surface area (Å²) in [5.74, 6) is -1.50. The summed E-state index contributed by atoms with van der Waals surface area (Å²) in [6, 6.07) is 0. The fourth-order valence-corrected chi connectivity index (χ4v) is 2.84. The van der Waals surface area contributed by atoms with Gasteiger partial charge in [-0.25, -0.2) is 0 Å². The Labute approximate surface area is 133 Å². The van der Waals surface area contributed by atoms with Crippen molar-refractivity contribution in [3.63, 3.8) is 0 Å². The summed E-state index contributed by atoms with van der Waals surface area (Å²) in [5.41, 5.74) is -2.01. The standard InChI is InChI=1S/C15H22F3N3O2/c1-9-7-20(12(22)14(5,23)15(16,17)18)8-10-6-19-21(11(9)10)13(2,3)4/h6,9,23H,7-8H2,1-5H3/t9-,14+/m0/s1. The van der Waals surface area contributed by atoms with Crippen LogP contribution in [0.2, 0.25) is 0 Å². The number of carbonyl (C=O) groups excluding carboxylic acids is 1. The first-order valence-electron chi connectivity index (χ1n) is 7.42. The second-order valence-electron chi connectivity index (χ2n) is 7.29. The molecular formula is C15H22F3N3O2. The number of fused-ring (bicyclic) bond motifs is 1. The SMILES string of the molecule is C[C@H]1CN(C(=O)[C@@](C)(O)C(F)(F)F)Cc2cnn(C(C)(C)C)c21. The van der Waals surface area contributed by atoms with E-state index in [2.05, 4.69) is 5.10 Å². The van der Waals surface area contributed by atoms with Crippen molar-refractivity contribution in [2.75, 3.05) is 6.54 Å². The Morgan fingerprint density at radius 1 is 1.30 bits per heavy atom. The fraction of sp³-hybridized carbons (Fsp3) is 0.733. The normalized spacial score (nSPS) is 21.8. The van der Waals surface area contributed by atoms with Crippen molar-refractivity contribution in [2.24, 2.45) is 0 Å². The number of aliphatic hydroxyl groups is 1. The highest BCUT2D eigenvalue weighted by Crippen LogP contribution is 2.36. The predicted octanol–water partition coefficient (Wildman–Crippen LogP) is 2.40. The number of amides is 1. The molecule has 0 aliphatic carbocycles. The minimum absolute atomic E-state index is 0.0147. The summed E-state index contributed by atoms with van der Waals surface area (Å²) in [4.78, 5) is 13.2. The van der Waals surface area contributed by atoms with E-state index in [9.17, 15) is 23.1 Å². The highest BCUT2D eigenvalue weighted by Gasteiger charge is 2.57. The molecule has 1 aliphatic heterocycles. The Hall–Kier alpha value is -1.57. The zero-order chi connectivity index (χ0) is 17.8. The maximum atomic E-state index is 12.9. The minimum atomic E-state index is -5.01. The number of halogens is 3. The highest BCUT2D eigenvalue weighted by molar-refractivity contribution is 5.85. The van der Waals surface area contributed by atoms with E-state index >= 15 is 0 Å². The van der Waals surface area contributed by atoms with Crippen molar-refractivity contribution in [3.8, 4) is 0 Å². The van der Waals surface area contributed by atoms with E-state index in [1.807, 2.05) is 32.4 Å². The molecule has 1 aromatic rings. The molecule has 23 heavy (non-hydrogen) atoms. The lowest BCUT2D eigenvalue weighted by molar-refractivity contribution is -0.250. The summed E-state index contributed by atoms with van der Waals surface area (Å²) < 4.78 is 40.5. The van der Waals surface area contributed by atoms with Gasteiger partial charge in [-0.2, -0.15) is 18.3 Å². The molecule has 1 amide bonds. The van der Waals surface area contributed by atoms with Crippen molar-refractivity contribution in [1.82, 2.24) is 14.7 Å². The Balaban J connectivity index is 2.33. The quantitative estimate of drug-likeness (QED) is 0.858. The van der Waals surface area contributed by atoms with E-state index in [0.717, 1.165) is 10.6 Å². The molecule has 1 aliphatic rings. The molecule has 8 heteroatoms. The molecule has 1 aromatic heterocycles. The fourth-order valence-electron chi connectivity index (χ4n) is 2.84. The maximum Gasteiger partial charge on any atom is 0.426 e. The van der Waals surface area contributed by atoms with E-state index in [-0.39, 0.29) is 24.5 Å². The van der Waals surface area contributed by atoms with Crippen LogP contribution in [0.4, 0.5) is 13.2 Å². The van der Waals surface area contributed by atoms with Gasteiger partial charge in [-0.15, -0.1) is 0 Å². The molecule has 0 unspecified atom stereocenters. The lowest BCUT2D eigenvalue weighted by atomic mass is 9.94. The van der Waals surface area contributed by atoms with Crippen LogP contribution >= 0.6 is 0 Å². The molecule has 2 heterocycles. The summed E-state index contributed by atoms with van der Waals surface area (Å²) in [6.45, 7) is 8.41. The van der Waals surface area contributed by atoms with Crippen LogP contribution in [0.3, 0.4) is 0 Å². The Kier molecular flexibility index (Phi) is 4.04. The first-order valence-corrected chi connectivity index (χ1v) is 7.42. The molecule has 0 bridgehead atoms. The predicted molar refractivity (Wildman–Crippen MR) is 77.7 cm³/mol. The third-order valence-corrected chi connectivity index (χ3v) is 4.10. The second kappa shape index (κ2) is 5.22. The van der Waals surface area contributed by atoms with Crippen LogP contribution in [-0.2, 0) is 16.9 Å². The van der Waals surface area contributed by atoms with Crippen LogP contribution in [0, 0.1) is 0 Å². The minimum Gasteiger partial charge on any atom is -0.373 e. The average Bonchev–Trinajstić information content (AvgIpc) is 2.80. The summed E-state index contributed by atoms with van der Waals surface area (Å²) >= 11 is 0. The summed E-state index contributed by atoms with van der Waals surface area (Å²) in [7, 11) is 0. The van der Waals surface area contributed by atoms with Crippen molar-refractivity contribution in [2.45, 2.75) is 64.4 Å². The van der Waals surface area contributed by atoms with Gasteiger partial charge in [-0.05, 0) is 27.7 Å². The monoisotopic (exact) mass is 333 g/mol. The smallest absolute Gasteiger partial charge is 0.373 e. The molecule has 0 saturated carbocycles. The second-order valence-corrected chi connectivity index (χ2v) is 7.29. The van der Waals surface area contributed by atoms with E-state index < -0.39 is 17.7 Å². The molecule has 1 N–H and O–H groups in total. The molecule has 0 saturated heterocycles. The average molecular weight is 333 g/mol. The number of carbonyl (C=O) groups is 1. The maximum absolute atomic E-state index is 12.9. The number of hydrogen-bond acceptors (Lipinski definition) is 3. The van der Waals surface area contributed by atoms with E-state index in [0.29, 0.717) is 12.5 Å². The van der Waals surface area contributed by atoms with Crippen LogP contribution < -0.4 is 0 Å². The van der Waals surface area contributed by atoms with E-state index in [1.165, 1.54) is 0 Å². The lowest BCUT2D eigenvalue weighted by Gasteiger charge is -2.37. The van der Waals surface area contributed by atoms with Crippen molar-refractivity contribution in [3.05, 3.63) is 17.5 Å². The van der Waals surface area contributed by atoms with Gasteiger partial charge in [-0.3, -0.25) is 9.48 Å². The van der Waals surface area contributed by atoms with Crippen LogP contribution in [-0.4, -0.2) is 44.0 Å². The number of alkyl halides is 3. The van der Waals surface area contributed by atoms with Gasteiger partial charge in [-0.1, -0.05) is 6.92 Å². The van der Waals surface area contributed by atoms with Crippen molar-refractivity contribution in [1.29, 1.82) is 0 Å². The number of hydrogen-bond donors (Lipinski definition) is 1. The van der Waals surface area contributed by atoms with Gasteiger partial charge in [0, 0.05) is 30.3 Å². The van der Waals surface area contributed by atoms with Gasteiger partial charge in [0.25, 0.3) is 5.91 Å². The molecule has 2 rings (SSSR count). The third kappa shape index (κ3) is 2.96. The van der Waals surface area contributed by atoms with Gasteiger partial charge in [0.2, 0.25) is 5.60 Å². The first-order chi connectivity index (χ1) is 10.3. The highest BCUT2D eigenvalue weighted by atomic mass is 19.4. The largest absolute Gasteiger partial charge is 0.426 e. The molecule has 0 spiro atoms. The molecule has 0 aromatic carbocycles. The topological polar surface area (TPSA) is 58.4 Å². The van der Waals surface area contributed by atoms with E-state index in [4.69, 9.17) is 0 Å². The number of nitrogens with zero attached hydrogens (tertiary/aromatic N) is 3. The zero-order valence-electron chi connectivity index (χ0n) is 13.9.